The number of nitrogens with one attached hydrogen (secondary N) is 1. The Balaban J connectivity index is 0.00000165. The molecular formula is C31H42N6O5. The molecule has 3 heterocycles. The third-order valence-electron chi connectivity index (χ3n) is 7.43. The minimum atomic E-state index is -0.522. The molecule has 2 fully saturated rings. The van der Waals surface area contributed by atoms with Gasteiger partial charge in [0, 0.05) is 52.3 Å². The predicted molar refractivity (Wildman–Crippen MR) is 162 cm³/mol. The second kappa shape index (κ2) is 12.3. The van der Waals surface area contributed by atoms with Gasteiger partial charge in [0.05, 0.1) is 5.52 Å². The molecule has 5 rings (SSSR count). The summed E-state index contributed by atoms with van der Waals surface area (Å²) in [7, 11) is 1.60. The largest absolute Gasteiger partial charge is 0.444 e. The number of nitrogens with zero attached hydrogens (tertiary/aromatic N) is 5. The summed E-state index contributed by atoms with van der Waals surface area (Å²) in [5.41, 5.74) is 3.45. The lowest BCUT2D eigenvalue weighted by atomic mass is 9.96. The number of ether oxygens (including phenoxy) is 1. The number of anilines is 1. The summed E-state index contributed by atoms with van der Waals surface area (Å²) in [5, 5.41) is 8.26. The molecule has 2 aliphatic rings. The second-order valence-electron chi connectivity index (χ2n) is 11.9. The summed E-state index contributed by atoms with van der Waals surface area (Å²) in [6.07, 6.45) is 4.31. The van der Waals surface area contributed by atoms with E-state index in [0.717, 1.165) is 41.5 Å². The summed E-state index contributed by atoms with van der Waals surface area (Å²) < 4.78 is 7.05. The number of carbonyl (C=O) groups is 4. The minimum absolute atomic E-state index is 0. The van der Waals surface area contributed by atoms with Crippen LogP contribution in [-0.2, 0) is 14.3 Å². The number of fused-ring (bicyclic) bond motifs is 1. The van der Waals surface area contributed by atoms with Crippen LogP contribution in [0.2, 0.25) is 0 Å². The number of pyridine rings is 1. The Bertz CT molecular complexity index is 1470. The molecule has 1 aliphatic carbocycles. The van der Waals surface area contributed by atoms with Crippen molar-refractivity contribution in [3.8, 4) is 5.82 Å². The summed E-state index contributed by atoms with van der Waals surface area (Å²) in [5.74, 6) is 0.899. The predicted octanol–water partition coefficient (Wildman–Crippen LogP) is 4.64. The van der Waals surface area contributed by atoms with Gasteiger partial charge in [-0.3, -0.25) is 9.59 Å². The van der Waals surface area contributed by atoms with Gasteiger partial charge in [-0.05, 0) is 88.1 Å². The van der Waals surface area contributed by atoms with Crippen LogP contribution in [0.4, 0.5) is 10.5 Å². The van der Waals surface area contributed by atoms with Gasteiger partial charge >= 0.3 is 6.09 Å². The minimum Gasteiger partial charge on any atom is -0.444 e. The molecule has 1 aliphatic heterocycles. The van der Waals surface area contributed by atoms with E-state index in [1.807, 2.05) is 63.6 Å². The van der Waals surface area contributed by atoms with Crippen LogP contribution in [0.25, 0.3) is 16.7 Å². The Labute approximate surface area is 247 Å². The first-order chi connectivity index (χ1) is 19.9. The van der Waals surface area contributed by atoms with Crippen LogP contribution in [0.15, 0.2) is 30.5 Å². The molecule has 0 unspecified atom stereocenters. The highest BCUT2D eigenvalue weighted by molar-refractivity contribution is 6.07. The second-order valence-corrected chi connectivity index (χ2v) is 11.9. The Hall–Kier alpha value is -4.28. The van der Waals surface area contributed by atoms with Crippen molar-refractivity contribution in [3.05, 3.63) is 47.3 Å². The van der Waals surface area contributed by atoms with Crippen LogP contribution in [-0.4, -0.2) is 76.6 Å². The first kappa shape index (κ1) is 30.7. The number of aromatic nitrogens is 3. The summed E-state index contributed by atoms with van der Waals surface area (Å²) in [6, 6.07) is 7.76. The average molecular weight is 579 g/mol. The molecule has 11 heteroatoms. The lowest BCUT2D eigenvalue weighted by Crippen LogP contribution is -2.52. The van der Waals surface area contributed by atoms with Crippen LogP contribution in [0.5, 0.6) is 0 Å². The molecule has 226 valence electrons. The molecule has 11 nitrogen and oxygen atoms in total. The van der Waals surface area contributed by atoms with Crippen molar-refractivity contribution >= 4 is 41.3 Å². The molecule has 1 N–H and O–H groups in total. The van der Waals surface area contributed by atoms with E-state index in [4.69, 9.17) is 14.6 Å². The molecule has 3 aromatic rings. The Morgan fingerprint density at radius 2 is 1.86 bits per heavy atom. The zero-order valence-corrected chi connectivity index (χ0v) is 25.3. The SMILES string of the molecule is C=O.CNC(=O)c1c2cc(C3CC3)c(N(CCC3CN(C(=O)OC(C)(C)C)C3)C(C)=O)cc2nn1-c1ccc(C)cn1.[HH]. The molecule has 1 saturated carbocycles. The maximum Gasteiger partial charge on any atom is 0.410 e. The van der Waals surface area contributed by atoms with E-state index in [2.05, 4.69) is 10.3 Å². The zero-order valence-electron chi connectivity index (χ0n) is 25.3. The maximum atomic E-state index is 13.0. The Kier molecular flexibility index (Phi) is 8.98. The third kappa shape index (κ3) is 6.61. The van der Waals surface area contributed by atoms with E-state index in [9.17, 15) is 14.4 Å². The summed E-state index contributed by atoms with van der Waals surface area (Å²) in [6.45, 7) is 12.9. The van der Waals surface area contributed by atoms with Crippen LogP contribution < -0.4 is 10.2 Å². The maximum absolute atomic E-state index is 13.0. The van der Waals surface area contributed by atoms with Crippen molar-refractivity contribution in [2.24, 2.45) is 5.92 Å². The van der Waals surface area contributed by atoms with Crippen molar-refractivity contribution in [2.75, 3.05) is 31.6 Å². The van der Waals surface area contributed by atoms with Crippen molar-refractivity contribution < 1.29 is 25.3 Å². The quantitative estimate of drug-likeness (QED) is 0.433. The van der Waals surface area contributed by atoms with Crippen molar-refractivity contribution in [3.63, 3.8) is 0 Å². The summed E-state index contributed by atoms with van der Waals surface area (Å²) >= 11 is 0. The van der Waals surface area contributed by atoms with Gasteiger partial charge < -0.3 is 24.6 Å². The number of hydrogen-bond acceptors (Lipinski definition) is 7. The number of carbonyl (C=O) groups excluding carboxylic acids is 4. The summed E-state index contributed by atoms with van der Waals surface area (Å²) in [4.78, 5) is 54.3. The lowest BCUT2D eigenvalue weighted by Gasteiger charge is -2.40. The number of benzene rings is 1. The first-order valence-electron chi connectivity index (χ1n) is 14.2. The van der Waals surface area contributed by atoms with E-state index in [1.165, 1.54) is 0 Å². The number of likely N-dealkylation sites (tertiary alicyclic amines) is 1. The van der Waals surface area contributed by atoms with Gasteiger partial charge in [0.2, 0.25) is 5.91 Å². The number of hydrogen-bond donors (Lipinski definition) is 1. The van der Waals surface area contributed by atoms with Gasteiger partial charge in [0.25, 0.3) is 5.91 Å². The fourth-order valence-electron chi connectivity index (χ4n) is 5.17. The van der Waals surface area contributed by atoms with E-state index in [1.54, 1.807) is 29.7 Å². The topological polar surface area (TPSA) is 127 Å². The standard InChI is InChI=1S/C30H38N6O4.CH2O.H2/c1-18-7-10-26(32-15-18)36-27(28(38)31-6)23-13-22(21-8-9-21)25(14-24(23)33-36)35(19(2)37)12-11-20-16-34(17-20)29(39)40-30(3,4)5;1-2;/h7,10,13-15,20-21H,8-9,11-12,16-17H2,1-6H3,(H,31,38);1H2;1H. The van der Waals surface area contributed by atoms with Crippen LogP contribution in [0.1, 0.15) is 75.9 Å². The highest BCUT2D eigenvalue weighted by Gasteiger charge is 2.35. The van der Waals surface area contributed by atoms with Crippen LogP contribution in [0, 0.1) is 12.8 Å². The molecular weight excluding hydrogens is 536 g/mol. The molecule has 42 heavy (non-hydrogen) atoms. The highest BCUT2D eigenvalue weighted by Crippen LogP contribution is 2.46. The fourth-order valence-corrected chi connectivity index (χ4v) is 5.17. The van der Waals surface area contributed by atoms with Gasteiger partial charge in [-0.1, -0.05) is 6.07 Å². The van der Waals surface area contributed by atoms with E-state index >= 15 is 0 Å². The smallest absolute Gasteiger partial charge is 0.410 e. The average Bonchev–Trinajstić information content (AvgIpc) is 3.69. The third-order valence-corrected chi connectivity index (χ3v) is 7.43. The van der Waals surface area contributed by atoms with Gasteiger partial charge in [-0.15, -0.1) is 0 Å². The van der Waals surface area contributed by atoms with Crippen molar-refractivity contribution in [2.45, 2.75) is 65.4 Å². The number of amides is 3. The molecule has 2 aromatic heterocycles. The first-order valence-corrected chi connectivity index (χ1v) is 14.2. The fraction of sp³-hybridized carbons (Fsp3) is 0.484. The van der Waals surface area contributed by atoms with Gasteiger partial charge in [-0.25, -0.2) is 14.5 Å². The normalized spacial score (nSPS) is 15.0. The van der Waals surface area contributed by atoms with E-state index < -0.39 is 5.60 Å². The number of aryl methyl sites for hydroxylation is 1. The highest BCUT2D eigenvalue weighted by atomic mass is 16.6. The molecule has 3 amide bonds. The molecule has 0 bridgehead atoms. The molecule has 0 spiro atoms. The Morgan fingerprint density at radius 1 is 1.17 bits per heavy atom. The van der Waals surface area contributed by atoms with Gasteiger partial charge in [-0.2, -0.15) is 5.10 Å². The van der Waals surface area contributed by atoms with Crippen molar-refractivity contribution in [1.29, 1.82) is 0 Å². The van der Waals surface area contributed by atoms with Gasteiger partial charge in [0.1, 0.15) is 18.1 Å². The monoisotopic (exact) mass is 578 g/mol. The molecule has 0 radical (unpaired) electrons. The van der Waals surface area contributed by atoms with E-state index in [-0.39, 0.29) is 19.3 Å². The molecule has 1 saturated heterocycles. The Morgan fingerprint density at radius 3 is 2.40 bits per heavy atom. The molecule has 1 aromatic carbocycles. The van der Waals surface area contributed by atoms with E-state index in [0.29, 0.717) is 48.5 Å². The van der Waals surface area contributed by atoms with Crippen LogP contribution in [0.3, 0.4) is 0 Å². The lowest BCUT2D eigenvalue weighted by molar-refractivity contribution is -0.116. The zero-order chi connectivity index (χ0) is 30.8. The van der Waals surface area contributed by atoms with Gasteiger partial charge in [0.15, 0.2) is 5.82 Å². The number of rotatable bonds is 7. The van der Waals surface area contributed by atoms with Crippen LogP contribution >= 0.6 is 0 Å². The van der Waals surface area contributed by atoms with Crippen molar-refractivity contribution in [1.82, 2.24) is 25.0 Å². The molecule has 0 atom stereocenters.